The third-order valence-corrected chi connectivity index (χ3v) is 1.08. The van der Waals surface area contributed by atoms with Crippen molar-refractivity contribution in [1.29, 1.82) is 5.26 Å². The molecule has 1 heterocycles. The van der Waals surface area contributed by atoms with Crippen molar-refractivity contribution in [2.24, 2.45) is 4.99 Å². The van der Waals surface area contributed by atoms with Crippen LogP contribution in [0.5, 0.6) is 0 Å². The van der Waals surface area contributed by atoms with Gasteiger partial charge in [0.2, 0.25) is 0 Å². The van der Waals surface area contributed by atoms with Crippen LogP contribution >= 0.6 is 0 Å². The molecule has 5 nitrogen and oxygen atoms in total. The molecule has 1 aromatic heterocycles. The summed E-state index contributed by atoms with van der Waals surface area (Å²) in [5.74, 6) is 0.874. The van der Waals surface area contributed by atoms with Gasteiger partial charge in [-0.15, -0.1) is 0 Å². The van der Waals surface area contributed by atoms with Gasteiger partial charge >= 0.3 is 0 Å². The maximum absolute atomic E-state index is 8.10. The maximum atomic E-state index is 8.10. The van der Waals surface area contributed by atoms with Gasteiger partial charge in [0.05, 0.1) is 0 Å². The van der Waals surface area contributed by atoms with Crippen LogP contribution in [0.2, 0.25) is 0 Å². The first-order chi connectivity index (χ1) is 5.83. The minimum absolute atomic E-state index is 0.404. The first-order valence-electron chi connectivity index (χ1n) is 3.22. The van der Waals surface area contributed by atoms with Crippen molar-refractivity contribution in [1.82, 2.24) is 10.3 Å². The minimum Gasteiger partial charge on any atom is -0.384 e. The van der Waals surface area contributed by atoms with Crippen LogP contribution in [-0.2, 0) is 0 Å². The van der Waals surface area contributed by atoms with E-state index in [0.717, 1.165) is 0 Å². The molecule has 3 N–H and O–H groups in total. The molecule has 0 atom stereocenters. The highest BCUT2D eigenvalue weighted by Gasteiger charge is 1.88. The van der Waals surface area contributed by atoms with Crippen LogP contribution in [0, 0.1) is 11.5 Å². The molecule has 0 fully saturated rings. The Morgan fingerprint density at radius 3 is 3.17 bits per heavy atom. The van der Waals surface area contributed by atoms with Gasteiger partial charge in [-0.2, -0.15) is 5.26 Å². The number of nitrogens with two attached hydrogens (primary N) is 1. The highest BCUT2D eigenvalue weighted by atomic mass is 15.0. The number of hydrogen-bond acceptors (Lipinski definition) is 4. The molecule has 0 saturated carbocycles. The van der Waals surface area contributed by atoms with E-state index in [0.29, 0.717) is 11.6 Å². The van der Waals surface area contributed by atoms with Gasteiger partial charge in [0.15, 0.2) is 12.0 Å². The normalized spacial score (nSPS) is 9.58. The molecule has 0 aromatic carbocycles. The molecule has 12 heavy (non-hydrogen) atoms. The summed E-state index contributed by atoms with van der Waals surface area (Å²) < 4.78 is 0. The number of pyridine rings is 1. The molecule has 5 heteroatoms. The average Bonchev–Trinajstić information content (AvgIpc) is 2.05. The molecule has 0 spiro atoms. The molecule has 0 bridgehead atoms. The summed E-state index contributed by atoms with van der Waals surface area (Å²) in [5.41, 5.74) is 5.39. The average molecular weight is 161 g/mol. The third-order valence-electron chi connectivity index (χ3n) is 1.08. The summed E-state index contributed by atoms with van der Waals surface area (Å²) in [5, 5.41) is 10.4. The maximum Gasteiger partial charge on any atom is 0.182 e. The smallest absolute Gasteiger partial charge is 0.182 e. The first kappa shape index (κ1) is 8.01. The Hall–Kier alpha value is -2.09. The van der Waals surface area contributed by atoms with Crippen LogP contribution in [0.15, 0.2) is 23.2 Å². The standard InChI is InChI=1S/C7H7N5/c8-4-10-5-11-7-3-1-2-6(9)12-7/h1-3,5H,(H3,9,10,11,12). The second-order valence-corrected chi connectivity index (χ2v) is 1.93. The zero-order valence-electron chi connectivity index (χ0n) is 6.23. The van der Waals surface area contributed by atoms with Gasteiger partial charge in [0, 0.05) is 0 Å². The lowest BCUT2D eigenvalue weighted by Gasteiger charge is -1.92. The van der Waals surface area contributed by atoms with E-state index < -0.39 is 0 Å². The lowest BCUT2D eigenvalue weighted by Crippen LogP contribution is -1.99. The summed E-state index contributed by atoms with van der Waals surface area (Å²) in [6.07, 6.45) is 2.95. The van der Waals surface area contributed by atoms with Crippen molar-refractivity contribution in [3.8, 4) is 6.19 Å². The van der Waals surface area contributed by atoms with Crippen LogP contribution in [-0.4, -0.2) is 11.3 Å². The third kappa shape index (κ3) is 2.27. The van der Waals surface area contributed by atoms with Crippen LogP contribution < -0.4 is 11.1 Å². The molecule has 0 aliphatic rings. The Balaban J connectivity index is 2.71. The molecule has 0 saturated heterocycles. The number of nitrogen functional groups attached to an aromatic ring is 1. The molecule has 0 radical (unpaired) electrons. The van der Waals surface area contributed by atoms with Crippen LogP contribution in [0.1, 0.15) is 0 Å². The Labute approximate surface area is 69.6 Å². The van der Waals surface area contributed by atoms with E-state index in [2.05, 4.69) is 15.3 Å². The molecular weight excluding hydrogens is 154 g/mol. The minimum atomic E-state index is 0.404. The van der Waals surface area contributed by atoms with Gasteiger partial charge < -0.3 is 5.73 Å². The lowest BCUT2D eigenvalue weighted by molar-refractivity contribution is 1.24. The summed E-state index contributed by atoms with van der Waals surface area (Å²) >= 11 is 0. The quantitative estimate of drug-likeness (QED) is 0.284. The fourth-order valence-corrected chi connectivity index (χ4v) is 0.639. The van der Waals surface area contributed by atoms with Gasteiger partial charge in [-0.25, -0.2) is 9.98 Å². The van der Waals surface area contributed by atoms with E-state index in [4.69, 9.17) is 11.0 Å². The second kappa shape index (κ2) is 3.93. The van der Waals surface area contributed by atoms with Crippen molar-refractivity contribution in [3.05, 3.63) is 18.2 Å². The van der Waals surface area contributed by atoms with E-state index >= 15 is 0 Å². The van der Waals surface area contributed by atoms with E-state index in [-0.39, 0.29) is 0 Å². The van der Waals surface area contributed by atoms with E-state index in [1.54, 1.807) is 24.4 Å². The second-order valence-electron chi connectivity index (χ2n) is 1.93. The number of nitriles is 1. The van der Waals surface area contributed by atoms with Crippen LogP contribution in [0.25, 0.3) is 0 Å². The molecule has 60 valence electrons. The lowest BCUT2D eigenvalue weighted by atomic mass is 10.4. The number of anilines is 1. The van der Waals surface area contributed by atoms with Crippen molar-refractivity contribution in [3.63, 3.8) is 0 Å². The Kier molecular flexibility index (Phi) is 2.62. The molecule has 0 aliphatic carbocycles. The van der Waals surface area contributed by atoms with Crippen LogP contribution in [0.3, 0.4) is 0 Å². The zero-order valence-corrected chi connectivity index (χ0v) is 6.23. The number of nitrogens with zero attached hydrogens (tertiary/aromatic N) is 3. The van der Waals surface area contributed by atoms with Gasteiger partial charge in [0.1, 0.15) is 12.2 Å². The van der Waals surface area contributed by atoms with Crippen LogP contribution in [0.4, 0.5) is 11.6 Å². The number of nitrogens with one attached hydrogen (secondary N) is 1. The van der Waals surface area contributed by atoms with Gasteiger partial charge in [-0.1, -0.05) is 6.07 Å². The molecular formula is C7H7N5. The predicted molar refractivity (Wildman–Crippen MR) is 45.6 cm³/mol. The van der Waals surface area contributed by atoms with Gasteiger partial charge in [-0.05, 0) is 12.1 Å². The van der Waals surface area contributed by atoms with Crippen molar-refractivity contribution < 1.29 is 0 Å². The summed E-state index contributed by atoms with van der Waals surface area (Å²) in [6.45, 7) is 0. The zero-order chi connectivity index (χ0) is 8.81. The summed E-state index contributed by atoms with van der Waals surface area (Å²) in [7, 11) is 0. The topological polar surface area (TPSA) is 87.1 Å². The molecule has 0 amide bonds. The Morgan fingerprint density at radius 1 is 1.67 bits per heavy atom. The van der Waals surface area contributed by atoms with E-state index in [9.17, 15) is 0 Å². The van der Waals surface area contributed by atoms with Gasteiger partial charge in [0.25, 0.3) is 0 Å². The Bertz CT molecular complexity index is 325. The molecule has 0 unspecified atom stereocenters. The largest absolute Gasteiger partial charge is 0.384 e. The van der Waals surface area contributed by atoms with Crippen molar-refractivity contribution in [2.45, 2.75) is 0 Å². The number of aliphatic imine (C=N–C) groups is 1. The molecule has 1 aromatic rings. The fourth-order valence-electron chi connectivity index (χ4n) is 0.639. The highest BCUT2D eigenvalue weighted by molar-refractivity contribution is 5.61. The Morgan fingerprint density at radius 2 is 2.50 bits per heavy atom. The predicted octanol–water partition coefficient (Wildman–Crippen LogP) is 0.394. The number of aromatic nitrogens is 1. The fraction of sp³-hybridized carbons (Fsp3) is 0. The van der Waals surface area contributed by atoms with Gasteiger partial charge in [-0.3, -0.25) is 5.32 Å². The highest BCUT2D eigenvalue weighted by Crippen LogP contribution is 2.07. The number of hydrogen-bond donors (Lipinski definition) is 2. The monoisotopic (exact) mass is 161 g/mol. The van der Waals surface area contributed by atoms with Crippen molar-refractivity contribution >= 4 is 18.0 Å². The SMILES string of the molecule is N#CN/C=N/c1cccc(N)n1. The first-order valence-corrected chi connectivity index (χ1v) is 3.22. The summed E-state index contributed by atoms with van der Waals surface area (Å²) in [4.78, 5) is 7.68. The number of rotatable bonds is 2. The molecule has 0 aliphatic heterocycles. The van der Waals surface area contributed by atoms with E-state index in [1.165, 1.54) is 6.34 Å². The van der Waals surface area contributed by atoms with E-state index in [1.807, 2.05) is 0 Å². The van der Waals surface area contributed by atoms with Crippen molar-refractivity contribution in [2.75, 3.05) is 5.73 Å². The summed E-state index contributed by atoms with van der Waals surface area (Å²) in [6, 6.07) is 5.09. The molecule has 1 rings (SSSR count).